The van der Waals surface area contributed by atoms with Crippen molar-refractivity contribution in [3.8, 4) is 0 Å². The number of thioether (sulfide) groups is 1. The van der Waals surface area contributed by atoms with Gasteiger partial charge in [0, 0.05) is 5.69 Å². The Bertz CT molecular complexity index is 564. The molecule has 2 aromatic rings. The Morgan fingerprint density at radius 2 is 2.18 bits per heavy atom. The van der Waals surface area contributed by atoms with Gasteiger partial charge in [-0.05, 0) is 44.6 Å². The smallest absolute Gasteiger partial charge is 0.138 e. The first kappa shape index (κ1) is 11.0. The topological polar surface area (TPSA) is 43.3 Å². The van der Waals surface area contributed by atoms with Gasteiger partial charge in [-0.25, -0.2) is 4.98 Å². The van der Waals surface area contributed by atoms with Gasteiger partial charge in [0.15, 0.2) is 0 Å². The first-order chi connectivity index (χ1) is 8.18. The molecule has 1 saturated carbocycles. The standard InChI is InChI=1S/C13H17N3S/c1-9-5-3-6-10-15-11(12(14)16(9)10)13(17-2)7-4-8-13/h3,5-6H,4,7-8,14H2,1-2H3. The Kier molecular flexibility index (Phi) is 2.36. The zero-order chi connectivity index (χ0) is 12.0. The lowest BCUT2D eigenvalue weighted by molar-refractivity contribution is 0.368. The van der Waals surface area contributed by atoms with Crippen LogP contribution in [-0.2, 0) is 4.75 Å². The monoisotopic (exact) mass is 247 g/mol. The van der Waals surface area contributed by atoms with Crippen molar-refractivity contribution in [2.24, 2.45) is 0 Å². The van der Waals surface area contributed by atoms with Gasteiger partial charge in [0.1, 0.15) is 11.5 Å². The summed E-state index contributed by atoms with van der Waals surface area (Å²) in [5.74, 6) is 0.826. The van der Waals surface area contributed by atoms with E-state index in [1.54, 1.807) is 0 Å². The molecule has 3 nitrogen and oxygen atoms in total. The number of nitrogens with two attached hydrogens (primary N) is 1. The highest BCUT2D eigenvalue weighted by Gasteiger charge is 2.42. The van der Waals surface area contributed by atoms with Crippen LogP contribution in [0.4, 0.5) is 5.82 Å². The zero-order valence-corrected chi connectivity index (χ0v) is 11.0. The summed E-state index contributed by atoms with van der Waals surface area (Å²) >= 11 is 1.89. The predicted octanol–water partition coefficient (Wildman–Crippen LogP) is 2.97. The molecule has 1 fully saturated rings. The van der Waals surface area contributed by atoms with E-state index in [9.17, 15) is 0 Å². The van der Waals surface area contributed by atoms with Crippen LogP contribution in [0.2, 0.25) is 0 Å². The second kappa shape index (κ2) is 3.67. The van der Waals surface area contributed by atoms with Crippen LogP contribution in [0.25, 0.3) is 5.65 Å². The molecule has 0 aromatic carbocycles. The van der Waals surface area contributed by atoms with Crippen molar-refractivity contribution >= 4 is 23.2 Å². The van der Waals surface area contributed by atoms with Crippen molar-refractivity contribution in [3.05, 3.63) is 29.6 Å². The molecule has 2 N–H and O–H groups in total. The summed E-state index contributed by atoms with van der Waals surface area (Å²) in [5, 5.41) is 0. The van der Waals surface area contributed by atoms with Crippen LogP contribution < -0.4 is 5.73 Å². The van der Waals surface area contributed by atoms with Gasteiger partial charge in [0.25, 0.3) is 0 Å². The van der Waals surface area contributed by atoms with E-state index in [-0.39, 0.29) is 4.75 Å². The maximum absolute atomic E-state index is 6.30. The highest BCUT2D eigenvalue weighted by Crippen LogP contribution is 2.52. The third-order valence-electron chi connectivity index (χ3n) is 3.86. The number of fused-ring (bicyclic) bond motifs is 1. The number of hydrogen-bond donors (Lipinski definition) is 1. The highest BCUT2D eigenvalue weighted by atomic mass is 32.2. The average molecular weight is 247 g/mol. The van der Waals surface area contributed by atoms with Gasteiger partial charge in [-0.1, -0.05) is 6.07 Å². The van der Waals surface area contributed by atoms with Gasteiger partial charge in [-0.2, -0.15) is 11.8 Å². The summed E-state index contributed by atoms with van der Waals surface area (Å²) in [5.41, 5.74) is 9.50. The lowest BCUT2D eigenvalue weighted by atomic mass is 9.81. The minimum atomic E-state index is 0.169. The van der Waals surface area contributed by atoms with Crippen LogP contribution in [0.1, 0.15) is 30.7 Å². The fourth-order valence-electron chi connectivity index (χ4n) is 2.65. The third-order valence-corrected chi connectivity index (χ3v) is 5.24. The summed E-state index contributed by atoms with van der Waals surface area (Å²) in [6.45, 7) is 2.07. The fraction of sp³-hybridized carbons (Fsp3) is 0.462. The Morgan fingerprint density at radius 1 is 1.41 bits per heavy atom. The molecule has 0 saturated heterocycles. The van der Waals surface area contributed by atoms with E-state index >= 15 is 0 Å². The van der Waals surface area contributed by atoms with E-state index in [2.05, 4.69) is 23.6 Å². The van der Waals surface area contributed by atoms with Crippen LogP contribution in [0.5, 0.6) is 0 Å². The van der Waals surface area contributed by atoms with Gasteiger partial charge in [0.2, 0.25) is 0 Å². The SMILES string of the molecule is CSC1(c2nc3cccc(C)n3c2N)CCC1. The van der Waals surface area contributed by atoms with E-state index in [4.69, 9.17) is 10.7 Å². The summed E-state index contributed by atoms with van der Waals surface area (Å²) in [4.78, 5) is 4.76. The maximum Gasteiger partial charge on any atom is 0.138 e. The molecule has 0 atom stereocenters. The highest BCUT2D eigenvalue weighted by molar-refractivity contribution is 7.99. The number of aromatic nitrogens is 2. The number of anilines is 1. The van der Waals surface area contributed by atoms with Crippen molar-refractivity contribution in [2.45, 2.75) is 30.9 Å². The number of nitrogens with zero attached hydrogens (tertiary/aromatic N) is 2. The molecule has 0 bridgehead atoms. The minimum Gasteiger partial charge on any atom is -0.383 e. The minimum absolute atomic E-state index is 0.169. The van der Waals surface area contributed by atoms with Crippen LogP contribution in [0.15, 0.2) is 18.2 Å². The summed E-state index contributed by atoms with van der Waals surface area (Å²) < 4.78 is 2.23. The van der Waals surface area contributed by atoms with Crippen molar-refractivity contribution in [3.63, 3.8) is 0 Å². The number of imidazole rings is 1. The first-order valence-corrected chi connectivity index (χ1v) is 7.19. The molecule has 0 spiro atoms. The number of hydrogen-bond acceptors (Lipinski definition) is 3. The second-order valence-electron chi connectivity index (χ2n) is 4.76. The largest absolute Gasteiger partial charge is 0.383 e. The van der Waals surface area contributed by atoms with Crippen LogP contribution >= 0.6 is 11.8 Å². The van der Waals surface area contributed by atoms with Gasteiger partial charge in [0.05, 0.1) is 10.4 Å². The average Bonchev–Trinajstić information content (AvgIpc) is 2.58. The molecule has 17 heavy (non-hydrogen) atoms. The molecule has 0 aliphatic heterocycles. The lowest BCUT2D eigenvalue weighted by Crippen LogP contribution is -2.31. The molecule has 2 aromatic heterocycles. The molecule has 2 heterocycles. The van der Waals surface area contributed by atoms with E-state index in [1.807, 2.05) is 23.9 Å². The molecule has 1 aliphatic carbocycles. The van der Waals surface area contributed by atoms with Crippen LogP contribution in [0.3, 0.4) is 0 Å². The summed E-state index contributed by atoms with van der Waals surface area (Å²) in [6, 6.07) is 6.13. The molecule has 0 amide bonds. The third kappa shape index (κ3) is 1.40. The maximum atomic E-state index is 6.30. The van der Waals surface area contributed by atoms with Gasteiger partial charge >= 0.3 is 0 Å². The van der Waals surface area contributed by atoms with E-state index in [1.165, 1.54) is 19.3 Å². The van der Waals surface area contributed by atoms with E-state index in [0.717, 1.165) is 22.9 Å². The normalized spacial score (nSPS) is 18.2. The lowest BCUT2D eigenvalue weighted by Gasteiger charge is -2.39. The van der Waals surface area contributed by atoms with Gasteiger partial charge in [-0.15, -0.1) is 0 Å². The zero-order valence-electron chi connectivity index (χ0n) is 10.2. The Labute approximate surface area is 105 Å². The number of aryl methyl sites for hydroxylation is 1. The van der Waals surface area contributed by atoms with Crippen molar-refractivity contribution in [1.29, 1.82) is 0 Å². The quantitative estimate of drug-likeness (QED) is 0.887. The molecule has 4 heteroatoms. The van der Waals surface area contributed by atoms with Crippen LogP contribution in [0, 0.1) is 6.92 Å². The molecule has 0 radical (unpaired) electrons. The first-order valence-electron chi connectivity index (χ1n) is 5.97. The molecule has 90 valence electrons. The summed E-state index contributed by atoms with van der Waals surface area (Å²) in [6.07, 6.45) is 5.84. The fourth-order valence-corrected chi connectivity index (χ4v) is 3.69. The Hall–Kier alpha value is -1.16. The predicted molar refractivity (Wildman–Crippen MR) is 73.4 cm³/mol. The molecular weight excluding hydrogens is 230 g/mol. The van der Waals surface area contributed by atoms with Crippen LogP contribution in [-0.4, -0.2) is 15.6 Å². The summed E-state index contributed by atoms with van der Waals surface area (Å²) in [7, 11) is 0. The number of nitrogen functional groups attached to an aromatic ring is 1. The molecule has 1 aliphatic rings. The number of rotatable bonds is 2. The van der Waals surface area contributed by atoms with E-state index < -0.39 is 0 Å². The van der Waals surface area contributed by atoms with Crippen molar-refractivity contribution in [2.75, 3.05) is 12.0 Å². The second-order valence-corrected chi connectivity index (χ2v) is 5.95. The van der Waals surface area contributed by atoms with Gasteiger partial charge in [-0.3, -0.25) is 4.40 Å². The Morgan fingerprint density at radius 3 is 2.71 bits per heavy atom. The molecule has 0 unspecified atom stereocenters. The van der Waals surface area contributed by atoms with Gasteiger partial charge < -0.3 is 5.73 Å². The van der Waals surface area contributed by atoms with Crippen molar-refractivity contribution in [1.82, 2.24) is 9.38 Å². The van der Waals surface area contributed by atoms with Crippen molar-refractivity contribution < 1.29 is 0 Å². The molecule has 3 rings (SSSR count). The Balaban J connectivity index is 2.25. The number of pyridine rings is 1. The van der Waals surface area contributed by atoms with E-state index in [0.29, 0.717) is 0 Å². The molecular formula is C13H17N3S.